The number of anilines is 3. The van der Waals surface area contributed by atoms with Crippen LogP contribution in [0.25, 0.3) is 0 Å². The van der Waals surface area contributed by atoms with Crippen LogP contribution >= 0.6 is 0 Å². The lowest BCUT2D eigenvalue weighted by molar-refractivity contribution is 0.100. The Morgan fingerprint density at radius 1 is 1.14 bits per heavy atom. The van der Waals surface area contributed by atoms with Crippen molar-refractivity contribution >= 4 is 23.2 Å². The van der Waals surface area contributed by atoms with Crippen LogP contribution in [0, 0.1) is 5.82 Å². The molecule has 1 aromatic carbocycles. The molecule has 0 bridgehead atoms. The van der Waals surface area contributed by atoms with Crippen LogP contribution in [0.15, 0.2) is 24.3 Å². The third kappa shape index (κ3) is 3.65. The van der Waals surface area contributed by atoms with Gasteiger partial charge in [0.2, 0.25) is 6.79 Å². The van der Waals surface area contributed by atoms with E-state index in [1.165, 1.54) is 0 Å². The fourth-order valence-corrected chi connectivity index (χ4v) is 3.50. The van der Waals surface area contributed by atoms with Crippen molar-refractivity contribution in [3.8, 4) is 11.5 Å². The van der Waals surface area contributed by atoms with Crippen LogP contribution in [-0.2, 0) is 0 Å². The largest absolute Gasteiger partial charge is 0.454 e. The number of halogens is 1. The number of hydrogen-bond donors (Lipinski definition) is 4. The summed E-state index contributed by atoms with van der Waals surface area (Å²) >= 11 is 0. The highest BCUT2D eigenvalue weighted by atomic mass is 19.1. The Morgan fingerprint density at radius 3 is 2.71 bits per heavy atom. The number of nitrogens with zero attached hydrogens (tertiary/aromatic N) is 1. The number of pyridine rings is 1. The Bertz CT molecular complexity index is 907. The Kier molecular flexibility index (Phi) is 4.91. The molecule has 8 nitrogen and oxygen atoms in total. The Labute approximate surface area is 161 Å². The number of carbonyl (C=O) groups excluding carboxylic acids is 1. The summed E-state index contributed by atoms with van der Waals surface area (Å²) in [4.78, 5) is 16.1. The number of aromatic nitrogens is 1. The molecule has 2 atom stereocenters. The third-order valence-electron chi connectivity index (χ3n) is 5.02. The van der Waals surface area contributed by atoms with E-state index in [0.717, 1.165) is 31.7 Å². The highest BCUT2D eigenvalue weighted by molar-refractivity contribution is 5.98. The average Bonchev–Trinajstić information content (AvgIpc) is 3.13. The van der Waals surface area contributed by atoms with E-state index in [1.807, 2.05) is 0 Å². The summed E-state index contributed by atoms with van der Waals surface area (Å²) in [7, 11) is 0. The van der Waals surface area contributed by atoms with Crippen molar-refractivity contribution in [2.75, 3.05) is 17.4 Å². The molecule has 1 aliphatic heterocycles. The molecule has 0 saturated heterocycles. The van der Waals surface area contributed by atoms with Gasteiger partial charge in [-0.25, -0.2) is 9.37 Å². The number of amides is 1. The topological polar surface area (TPSA) is 125 Å². The molecule has 0 radical (unpaired) electrons. The number of ether oxygens (including phenoxy) is 2. The number of carbonyl (C=O) groups is 1. The summed E-state index contributed by atoms with van der Waals surface area (Å²) in [6, 6.07) is 6.12. The molecule has 6 N–H and O–H groups in total. The highest BCUT2D eigenvalue weighted by Gasteiger charge is 2.24. The first-order chi connectivity index (χ1) is 13.5. The minimum Gasteiger partial charge on any atom is -0.454 e. The second-order valence-corrected chi connectivity index (χ2v) is 6.97. The predicted molar refractivity (Wildman–Crippen MR) is 102 cm³/mol. The first-order valence-electron chi connectivity index (χ1n) is 9.20. The molecule has 4 rings (SSSR count). The Morgan fingerprint density at radius 2 is 1.93 bits per heavy atom. The number of primary amides is 1. The van der Waals surface area contributed by atoms with Gasteiger partial charge in [-0.15, -0.1) is 0 Å². The van der Waals surface area contributed by atoms with Crippen LogP contribution < -0.4 is 31.6 Å². The van der Waals surface area contributed by atoms with Gasteiger partial charge in [-0.1, -0.05) is 12.8 Å². The first-order valence-corrected chi connectivity index (χ1v) is 9.20. The molecule has 0 unspecified atom stereocenters. The summed E-state index contributed by atoms with van der Waals surface area (Å²) in [5, 5.41) is 6.10. The predicted octanol–water partition coefficient (Wildman–Crippen LogP) is 2.47. The lowest BCUT2D eigenvalue weighted by Gasteiger charge is -2.30. The molecule has 0 spiro atoms. The fraction of sp³-hybridized carbons (Fsp3) is 0.368. The summed E-state index contributed by atoms with van der Waals surface area (Å²) in [5.41, 5.74) is 12.1. The van der Waals surface area contributed by atoms with E-state index in [2.05, 4.69) is 15.6 Å². The second kappa shape index (κ2) is 7.51. The summed E-state index contributed by atoms with van der Waals surface area (Å²) in [6.07, 6.45) is 3.80. The SMILES string of the molecule is NC(=O)c1cc(F)c(N[C@@H]2CCCC[C@@H]2N)nc1Nc1ccc2c(c1)OCO2. The normalized spacial score (nSPS) is 20.6. The summed E-state index contributed by atoms with van der Waals surface area (Å²) in [5.74, 6) is -0.0470. The number of fused-ring (bicyclic) bond motifs is 1. The highest BCUT2D eigenvalue weighted by Crippen LogP contribution is 2.35. The van der Waals surface area contributed by atoms with Gasteiger partial charge in [0.15, 0.2) is 23.1 Å². The van der Waals surface area contributed by atoms with E-state index in [4.69, 9.17) is 20.9 Å². The molecule has 1 aromatic heterocycles. The maximum atomic E-state index is 14.6. The van der Waals surface area contributed by atoms with E-state index in [9.17, 15) is 9.18 Å². The van der Waals surface area contributed by atoms with Gasteiger partial charge >= 0.3 is 0 Å². The fourth-order valence-electron chi connectivity index (χ4n) is 3.50. The molecule has 2 aromatic rings. The third-order valence-corrected chi connectivity index (χ3v) is 5.02. The van der Waals surface area contributed by atoms with Gasteiger partial charge in [0.25, 0.3) is 5.91 Å². The smallest absolute Gasteiger partial charge is 0.252 e. The molecule has 2 heterocycles. The van der Waals surface area contributed by atoms with Crippen molar-refractivity contribution in [2.45, 2.75) is 37.8 Å². The van der Waals surface area contributed by atoms with Crippen LogP contribution in [0.3, 0.4) is 0 Å². The quantitative estimate of drug-likeness (QED) is 0.621. The zero-order chi connectivity index (χ0) is 19.7. The number of benzene rings is 1. The van der Waals surface area contributed by atoms with Crippen molar-refractivity contribution in [2.24, 2.45) is 11.5 Å². The second-order valence-electron chi connectivity index (χ2n) is 6.97. The van der Waals surface area contributed by atoms with Crippen molar-refractivity contribution in [3.05, 3.63) is 35.6 Å². The minimum absolute atomic E-state index is 0.0376. The van der Waals surface area contributed by atoms with E-state index in [-0.39, 0.29) is 36.1 Å². The minimum atomic E-state index is -0.782. The molecule has 9 heteroatoms. The van der Waals surface area contributed by atoms with Crippen molar-refractivity contribution < 1.29 is 18.7 Å². The molecule has 1 saturated carbocycles. The lowest BCUT2D eigenvalue weighted by atomic mass is 9.91. The van der Waals surface area contributed by atoms with Crippen molar-refractivity contribution in [3.63, 3.8) is 0 Å². The standard InChI is InChI=1S/C19H22FN5O3/c20-12-8-11(17(22)26)18(23-10-5-6-15-16(7-10)28-9-27-15)25-19(12)24-14-4-2-1-3-13(14)21/h5-8,13-14H,1-4,9,21H2,(H2,22,26)(H2,23,24,25)/t13-,14+/m0/s1. The van der Waals surface area contributed by atoms with Gasteiger partial charge in [-0.3, -0.25) is 4.79 Å². The maximum Gasteiger partial charge on any atom is 0.252 e. The molecule has 1 aliphatic carbocycles. The van der Waals surface area contributed by atoms with Crippen LogP contribution in [0.5, 0.6) is 11.5 Å². The van der Waals surface area contributed by atoms with Crippen LogP contribution in [0.4, 0.5) is 21.7 Å². The summed E-state index contributed by atoms with van der Waals surface area (Å²) in [6.45, 7) is 0.149. The molecule has 2 aliphatic rings. The van der Waals surface area contributed by atoms with Crippen LogP contribution in [0.2, 0.25) is 0 Å². The molecule has 28 heavy (non-hydrogen) atoms. The zero-order valence-corrected chi connectivity index (χ0v) is 15.2. The van der Waals surface area contributed by atoms with Crippen LogP contribution in [0.1, 0.15) is 36.0 Å². The van der Waals surface area contributed by atoms with Crippen molar-refractivity contribution in [1.29, 1.82) is 0 Å². The number of rotatable bonds is 5. The van der Waals surface area contributed by atoms with Crippen LogP contribution in [-0.4, -0.2) is 29.8 Å². The van der Waals surface area contributed by atoms with Gasteiger partial charge in [-0.2, -0.15) is 0 Å². The van der Waals surface area contributed by atoms with E-state index >= 15 is 0 Å². The van der Waals surface area contributed by atoms with Gasteiger partial charge in [-0.05, 0) is 31.0 Å². The number of nitrogens with two attached hydrogens (primary N) is 2. The summed E-state index contributed by atoms with van der Waals surface area (Å²) < 4.78 is 25.2. The van der Waals surface area contributed by atoms with Gasteiger partial charge in [0.05, 0.1) is 5.56 Å². The van der Waals surface area contributed by atoms with Gasteiger partial charge in [0.1, 0.15) is 5.82 Å². The number of hydrogen-bond acceptors (Lipinski definition) is 7. The van der Waals surface area contributed by atoms with E-state index < -0.39 is 11.7 Å². The molecular formula is C19H22FN5O3. The molecule has 1 amide bonds. The molecular weight excluding hydrogens is 365 g/mol. The monoisotopic (exact) mass is 387 g/mol. The molecule has 148 valence electrons. The lowest BCUT2D eigenvalue weighted by Crippen LogP contribution is -2.43. The van der Waals surface area contributed by atoms with Gasteiger partial charge < -0.3 is 31.6 Å². The zero-order valence-electron chi connectivity index (χ0n) is 15.2. The van der Waals surface area contributed by atoms with Crippen molar-refractivity contribution in [1.82, 2.24) is 4.98 Å². The molecule has 1 fully saturated rings. The maximum absolute atomic E-state index is 14.6. The number of nitrogens with one attached hydrogen (secondary N) is 2. The van der Waals surface area contributed by atoms with E-state index in [0.29, 0.717) is 17.2 Å². The Balaban J connectivity index is 1.63. The Hall–Kier alpha value is -3.07. The average molecular weight is 387 g/mol. The van der Waals surface area contributed by atoms with Gasteiger partial charge in [0, 0.05) is 23.8 Å². The first kappa shape index (κ1) is 18.3. The van der Waals surface area contributed by atoms with E-state index in [1.54, 1.807) is 18.2 Å².